The molecular formula is C17H19N3O3. The van der Waals surface area contributed by atoms with E-state index in [4.69, 9.17) is 4.74 Å². The molecule has 2 atom stereocenters. The fourth-order valence-electron chi connectivity index (χ4n) is 3.08. The molecule has 0 unspecified atom stereocenters. The summed E-state index contributed by atoms with van der Waals surface area (Å²) in [6.07, 6.45) is 3.23. The number of likely N-dealkylation sites (tertiary alicyclic amines) is 1. The van der Waals surface area contributed by atoms with Crippen LogP contribution in [0.3, 0.4) is 0 Å². The molecule has 0 radical (unpaired) electrons. The van der Waals surface area contributed by atoms with Crippen LogP contribution in [0.2, 0.25) is 0 Å². The first-order valence-electron chi connectivity index (χ1n) is 7.57. The number of rotatable bonds is 4. The maximum atomic E-state index is 12.6. The van der Waals surface area contributed by atoms with E-state index >= 15 is 0 Å². The van der Waals surface area contributed by atoms with Crippen LogP contribution in [0, 0.1) is 5.92 Å². The number of methoxy groups -OCH3 is 1. The van der Waals surface area contributed by atoms with Crippen LogP contribution in [0.1, 0.15) is 22.0 Å². The molecule has 0 aromatic carbocycles. The van der Waals surface area contributed by atoms with E-state index in [1.807, 2.05) is 18.2 Å². The zero-order valence-electron chi connectivity index (χ0n) is 12.9. The SMILES string of the molecule is COC[C@@H]1CN(C(=O)c2ccc(=O)[nH]c2)C[C@H]1c1ccccn1. The van der Waals surface area contributed by atoms with Crippen LogP contribution in [0.15, 0.2) is 47.5 Å². The number of carbonyl (C=O) groups is 1. The number of hydrogen-bond acceptors (Lipinski definition) is 4. The van der Waals surface area contributed by atoms with E-state index in [0.717, 1.165) is 5.69 Å². The second-order valence-corrected chi connectivity index (χ2v) is 5.73. The van der Waals surface area contributed by atoms with Crippen LogP contribution >= 0.6 is 0 Å². The molecule has 0 bridgehead atoms. The van der Waals surface area contributed by atoms with Crippen LogP contribution in [0.5, 0.6) is 0 Å². The quantitative estimate of drug-likeness (QED) is 0.922. The molecule has 1 aliphatic rings. The Hall–Kier alpha value is -2.47. The zero-order chi connectivity index (χ0) is 16.2. The lowest BCUT2D eigenvalue weighted by molar-refractivity contribution is 0.0775. The number of carbonyl (C=O) groups excluding carboxylic acids is 1. The third-order valence-corrected chi connectivity index (χ3v) is 4.21. The summed E-state index contributed by atoms with van der Waals surface area (Å²) in [5, 5.41) is 0. The Morgan fingerprint density at radius 1 is 1.35 bits per heavy atom. The molecule has 0 spiro atoms. The van der Waals surface area contributed by atoms with E-state index in [2.05, 4.69) is 9.97 Å². The van der Waals surface area contributed by atoms with Gasteiger partial charge < -0.3 is 14.6 Å². The Kier molecular flexibility index (Phi) is 4.52. The van der Waals surface area contributed by atoms with Crippen molar-refractivity contribution >= 4 is 5.91 Å². The van der Waals surface area contributed by atoms with Gasteiger partial charge in [0.1, 0.15) is 0 Å². The number of hydrogen-bond donors (Lipinski definition) is 1. The predicted molar refractivity (Wildman–Crippen MR) is 85.3 cm³/mol. The van der Waals surface area contributed by atoms with Crippen LogP contribution < -0.4 is 5.56 Å². The molecule has 3 heterocycles. The minimum Gasteiger partial charge on any atom is -0.384 e. The smallest absolute Gasteiger partial charge is 0.255 e. The lowest BCUT2D eigenvalue weighted by Gasteiger charge is -2.16. The zero-order valence-corrected chi connectivity index (χ0v) is 12.9. The Labute approximate surface area is 134 Å². The summed E-state index contributed by atoms with van der Waals surface area (Å²) in [7, 11) is 1.67. The lowest BCUT2D eigenvalue weighted by Crippen LogP contribution is -2.29. The number of pyridine rings is 2. The second-order valence-electron chi connectivity index (χ2n) is 5.73. The van der Waals surface area contributed by atoms with Gasteiger partial charge in [-0.1, -0.05) is 6.07 Å². The van der Waals surface area contributed by atoms with Crippen molar-refractivity contribution in [3.63, 3.8) is 0 Å². The second kappa shape index (κ2) is 6.75. The van der Waals surface area contributed by atoms with Gasteiger partial charge in [0, 0.05) is 56.2 Å². The van der Waals surface area contributed by atoms with Crippen molar-refractivity contribution in [3.8, 4) is 0 Å². The Balaban J connectivity index is 1.81. The molecule has 6 nitrogen and oxygen atoms in total. The standard InChI is InChI=1S/C17H19N3O3/c1-23-11-13-9-20(10-14(13)15-4-2-3-7-18-15)17(22)12-5-6-16(21)19-8-12/h2-8,13-14H,9-11H2,1H3,(H,19,21)/t13-,14+/m0/s1. The van der Waals surface area contributed by atoms with Crippen molar-refractivity contribution in [2.24, 2.45) is 5.92 Å². The Morgan fingerprint density at radius 3 is 2.87 bits per heavy atom. The Morgan fingerprint density at radius 2 is 2.22 bits per heavy atom. The van der Waals surface area contributed by atoms with Gasteiger partial charge in [-0.2, -0.15) is 0 Å². The molecule has 2 aromatic rings. The van der Waals surface area contributed by atoms with Gasteiger partial charge in [-0.3, -0.25) is 14.6 Å². The van der Waals surface area contributed by atoms with Crippen molar-refractivity contribution < 1.29 is 9.53 Å². The molecule has 23 heavy (non-hydrogen) atoms. The van der Waals surface area contributed by atoms with Crippen LogP contribution in [0.25, 0.3) is 0 Å². The molecular weight excluding hydrogens is 294 g/mol. The first-order chi connectivity index (χ1) is 11.2. The minimum atomic E-state index is -0.216. The van der Waals surface area contributed by atoms with Crippen LogP contribution in [0.4, 0.5) is 0 Å². The van der Waals surface area contributed by atoms with Gasteiger partial charge >= 0.3 is 0 Å². The van der Waals surface area contributed by atoms with E-state index in [1.165, 1.54) is 12.3 Å². The van der Waals surface area contributed by atoms with E-state index in [1.54, 1.807) is 24.3 Å². The van der Waals surface area contributed by atoms with Crippen molar-refractivity contribution in [1.82, 2.24) is 14.9 Å². The van der Waals surface area contributed by atoms with Gasteiger partial charge in [-0.25, -0.2) is 0 Å². The molecule has 1 aliphatic heterocycles. The highest BCUT2D eigenvalue weighted by Gasteiger charge is 2.37. The van der Waals surface area contributed by atoms with Gasteiger partial charge in [0.2, 0.25) is 5.56 Å². The van der Waals surface area contributed by atoms with Crippen LogP contribution in [-0.2, 0) is 4.74 Å². The van der Waals surface area contributed by atoms with Gasteiger partial charge in [0.25, 0.3) is 5.91 Å². The fraction of sp³-hybridized carbons (Fsp3) is 0.353. The number of aromatic amines is 1. The van der Waals surface area contributed by atoms with E-state index in [9.17, 15) is 9.59 Å². The molecule has 1 saturated heterocycles. The number of amides is 1. The molecule has 1 N–H and O–H groups in total. The van der Waals surface area contributed by atoms with Crippen molar-refractivity contribution in [2.45, 2.75) is 5.92 Å². The predicted octanol–water partition coefficient (Wildman–Crippen LogP) is 1.27. The molecule has 0 saturated carbocycles. The fourth-order valence-corrected chi connectivity index (χ4v) is 3.08. The number of aromatic nitrogens is 2. The lowest BCUT2D eigenvalue weighted by atomic mass is 9.93. The molecule has 120 valence electrons. The van der Waals surface area contributed by atoms with E-state index < -0.39 is 0 Å². The summed E-state index contributed by atoms with van der Waals surface area (Å²) in [4.78, 5) is 32.5. The summed E-state index contributed by atoms with van der Waals surface area (Å²) in [5.74, 6) is 0.283. The summed E-state index contributed by atoms with van der Waals surface area (Å²) in [5.41, 5.74) is 1.25. The highest BCUT2D eigenvalue weighted by molar-refractivity contribution is 5.94. The summed E-state index contributed by atoms with van der Waals surface area (Å²) >= 11 is 0. The van der Waals surface area contributed by atoms with E-state index in [0.29, 0.717) is 25.3 Å². The highest BCUT2D eigenvalue weighted by Crippen LogP contribution is 2.32. The highest BCUT2D eigenvalue weighted by atomic mass is 16.5. The number of H-pyrrole nitrogens is 1. The molecule has 1 amide bonds. The molecule has 3 rings (SSSR count). The van der Waals surface area contributed by atoms with Gasteiger partial charge in [-0.15, -0.1) is 0 Å². The normalized spacial score (nSPS) is 20.7. The minimum absolute atomic E-state index is 0.0826. The molecule has 6 heteroatoms. The summed E-state index contributed by atoms with van der Waals surface area (Å²) in [6, 6.07) is 8.75. The third-order valence-electron chi connectivity index (χ3n) is 4.21. The topological polar surface area (TPSA) is 75.3 Å². The monoisotopic (exact) mass is 313 g/mol. The number of nitrogens with one attached hydrogen (secondary N) is 1. The first kappa shape index (κ1) is 15.4. The van der Waals surface area contributed by atoms with E-state index in [-0.39, 0.29) is 23.3 Å². The van der Waals surface area contributed by atoms with Gasteiger partial charge in [0.05, 0.1) is 12.2 Å². The van der Waals surface area contributed by atoms with Crippen molar-refractivity contribution in [3.05, 3.63) is 64.3 Å². The average Bonchev–Trinajstić information content (AvgIpc) is 3.00. The van der Waals surface area contributed by atoms with Gasteiger partial charge in [-0.05, 0) is 18.2 Å². The van der Waals surface area contributed by atoms with Crippen molar-refractivity contribution in [2.75, 3.05) is 26.8 Å². The van der Waals surface area contributed by atoms with Crippen LogP contribution in [-0.4, -0.2) is 47.6 Å². The summed E-state index contributed by atoms with van der Waals surface area (Å²) < 4.78 is 5.31. The maximum Gasteiger partial charge on any atom is 0.255 e. The molecule has 1 fully saturated rings. The van der Waals surface area contributed by atoms with Crippen molar-refractivity contribution in [1.29, 1.82) is 0 Å². The van der Waals surface area contributed by atoms with Gasteiger partial charge in [0.15, 0.2) is 0 Å². The largest absolute Gasteiger partial charge is 0.384 e. The summed E-state index contributed by atoms with van der Waals surface area (Å²) in [6.45, 7) is 1.80. The number of nitrogens with zero attached hydrogens (tertiary/aromatic N) is 2. The number of ether oxygens (including phenoxy) is 1. The maximum absolute atomic E-state index is 12.6. The molecule has 2 aromatic heterocycles. The third kappa shape index (κ3) is 3.32. The Bertz CT molecular complexity index is 709. The first-order valence-corrected chi connectivity index (χ1v) is 7.57. The molecule has 0 aliphatic carbocycles. The average molecular weight is 313 g/mol.